The van der Waals surface area contributed by atoms with E-state index < -0.39 is 6.04 Å². The molecule has 0 unspecified atom stereocenters. The van der Waals surface area contributed by atoms with Gasteiger partial charge >= 0.3 is 0 Å². The zero-order chi connectivity index (χ0) is 25.2. The number of hydrogen-bond acceptors (Lipinski definition) is 5. The van der Waals surface area contributed by atoms with Crippen molar-refractivity contribution in [1.29, 1.82) is 0 Å². The fourth-order valence-corrected chi connectivity index (χ4v) is 5.09. The van der Waals surface area contributed by atoms with Crippen molar-refractivity contribution in [2.24, 2.45) is 0 Å². The van der Waals surface area contributed by atoms with Crippen LogP contribution in [0.5, 0.6) is 0 Å². The molecule has 3 aromatic carbocycles. The summed E-state index contributed by atoms with van der Waals surface area (Å²) >= 11 is 1.52. The Bertz CT molecular complexity index is 1450. The van der Waals surface area contributed by atoms with Gasteiger partial charge in [0.25, 0.3) is 5.91 Å². The van der Waals surface area contributed by atoms with Gasteiger partial charge in [0, 0.05) is 17.1 Å². The van der Waals surface area contributed by atoms with E-state index in [-0.39, 0.29) is 11.7 Å². The zero-order valence-electron chi connectivity index (χ0n) is 20.2. The number of aryl methyl sites for hydroxylation is 2. The Hall–Kier alpha value is -3.91. The van der Waals surface area contributed by atoms with Crippen molar-refractivity contribution in [2.45, 2.75) is 37.7 Å². The molecule has 0 bridgehead atoms. The van der Waals surface area contributed by atoms with Gasteiger partial charge in [-0.2, -0.15) is 4.98 Å². The number of rotatable bonds is 6. The van der Waals surface area contributed by atoms with Gasteiger partial charge < -0.3 is 10.6 Å². The van der Waals surface area contributed by atoms with Gasteiger partial charge in [-0.3, -0.25) is 4.79 Å². The van der Waals surface area contributed by atoms with Crippen LogP contribution in [0.1, 0.15) is 35.2 Å². The molecule has 2 N–H and O–H groups in total. The standard InChI is InChI=1S/C28H26FN5OS/c1-17-9-14-23(18(2)15-17)31-26(35)24-19(3)30-27-32-28(36-16-20-7-5-4-6-8-20)33-34(27)25(24)21-10-12-22(29)13-11-21/h4-15,25H,16H2,1-3H3,(H,31,35)(H,30,32,33)/t25-/m1/s1. The van der Waals surface area contributed by atoms with E-state index in [0.717, 1.165) is 28.1 Å². The molecule has 0 fully saturated rings. The molecule has 36 heavy (non-hydrogen) atoms. The number of carbonyl (C=O) groups is 1. The van der Waals surface area contributed by atoms with Gasteiger partial charge in [-0.15, -0.1) is 5.10 Å². The third kappa shape index (κ3) is 4.90. The van der Waals surface area contributed by atoms with E-state index in [1.807, 2.05) is 57.2 Å². The van der Waals surface area contributed by atoms with E-state index in [0.29, 0.717) is 22.4 Å². The van der Waals surface area contributed by atoms with Crippen LogP contribution < -0.4 is 10.6 Å². The van der Waals surface area contributed by atoms with Crippen LogP contribution in [0.3, 0.4) is 0 Å². The number of amides is 1. The van der Waals surface area contributed by atoms with Gasteiger partial charge in [0.15, 0.2) is 0 Å². The van der Waals surface area contributed by atoms with Crippen molar-refractivity contribution < 1.29 is 9.18 Å². The van der Waals surface area contributed by atoms with Crippen LogP contribution in [0.4, 0.5) is 16.0 Å². The Balaban J connectivity index is 1.50. The van der Waals surface area contributed by atoms with Crippen LogP contribution in [-0.4, -0.2) is 20.7 Å². The Morgan fingerprint density at radius 3 is 2.53 bits per heavy atom. The molecule has 5 rings (SSSR count). The smallest absolute Gasteiger partial charge is 0.255 e. The van der Waals surface area contributed by atoms with E-state index in [1.165, 1.54) is 29.5 Å². The lowest BCUT2D eigenvalue weighted by Gasteiger charge is -2.28. The molecule has 182 valence electrons. The van der Waals surface area contributed by atoms with Crippen LogP contribution in [0.2, 0.25) is 0 Å². The molecular formula is C28H26FN5OS. The van der Waals surface area contributed by atoms with E-state index >= 15 is 0 Å². The van der Waals surface area contributed by atoms with Crippen molar-refractivity contribution in [3.05, 3.63) is 112 Å². The van der Waals surface area contributed by atoms with Crippen LogP contribution >= 0.6 is 11.8 Å². The fraction of sp³-hybridized carbons (Fsp3) is 0.179. The van der Waals surface area contributed by atoms with E-state index in [4.69, 9.17) is 5.10 Å². The second-order valence-corrected chi connectivity index (χ2v) is 9.77. The SMILES string of the molecule is CC1=C(C(=O)Nc2ccc(C)cc2C)[C@@H](c2ccc(F)cc2)n2nc(SCc3ccccc3)nc2N1. The average molecular weight is 500 g/mol. The van der Waals surface area contributed by atoms with Gasteiger partial charge in [0.1, 0.15) is 11.9 Å². The summed E-state index contributed by atoms with van der Waals surface area (Å²) in [6.07, 6.45) is 0. The number of nitrogens with zero attached hydrogens (tertiary/aromatic N) is 3. The molecule has 0 saturated heterocycles. The van der Waals surface area contributed by atoms with E-state index in [9.17, 15) is 9.18 Å². The predicted molar refractivity (Wildman–Crippen MR) is 141 cm³/mol. The second-order valence-electron chi connectivity index (χ2n) is 8.83. The van der Waals surface area contributed by atoms with Crippen LogP contribution in [0.25, 0.3) is 0 Å². The van der Waals surface area contributed by atoms with Gasteiger partial charge in [0.2, 0.25) is 11.1 Å². The fourth-order valence-electron chi connectivity index (χ4n) is 4.31. The maximum Gasteiger partial charge on any atom is 0.255 e. The first-order chi connectivity index (χ1) is 17.4. The minimum absolute atomic E-state index is 0.249. The maximum absolute atomic E-state index is 13.8. The number of allylic oxidation sites excluding steroid dienone is 1. The average Bonchev–Trinajstić information content (AvgIpc) is 3.27. The van der Waals surface area contributed by atoms with Crippen molar-refractivity contribution in [3.8, 4) is 0 Å². The van der Waals surface area contributed by atoms with Crippen molar-refractivity contribution in [2.75, 3.05) is 10.6 Å². The third-order valence-corrected chi connectivity index (χ3v) is 7.01. The predicted octanol–water partition coefficient (Wildman–Crippen LogP) is 6.25. The molecule has 8 heteroatoms. The first kappa shape index (κ1) is 23.8. The number of halogens is 1. The zero-order valence-corrected chi connectivity index (χ0v) is 21.1. The number of hydrogen-bond donors (Lipinski definition) is 2. The van der Waals surface area contributed by atoms with Gasteiger partial charge in [-0.05, 0) is 55.7 Å². The Kier molecular flexibility index (Phi) is 6.61. The number of nitrogens with one attached hydrogen (secondary N) is 2. The summed E-state index contributed by atoms with van der Waals surface area (Å²) in [7, 11) is 0. The summed E-state index contributed by atoms with van der Waals surface area (Å²) in [6, 6.07) is 21.6. The molecular weight excluding hydrogens is 473 g/mol. The topological polar surface area (TPSA) is 71.8 Å². The molecule has 0 spiro atoms. The number of thioether (sulfide) groups is 1. The highest BCUT2D eigenvalue weighted by Gasteiger charge is 2.34. The summed E-state index contributed by atoms with van der Waals surface area (Å²) in [6.45, 7) is 5.83. The lowest BCUT2D eigenvalue weighted by Crippen LogP contribution is -2.31. The largest absolute Gasteiger partial charge is 0.328 e. The van der Waals surface area contributed by atoms with Gasteiger partial charge in [-0.25, -0.2) is 9.07 Å². The number of benzene rings is 3. The first-order valence-corrected chi connectivity index (χ1v) is 12.6. The van der Waals surface area contributed by atoms with Crippen molar-refractivity contribution >= 4 is 29.3 Å². The molecule has 4 aromatic rings. The normalized spacial score (nSPS) is 14.8. The van der Waals surface area contributed by atoms with Gasteiger partial charge in [0.05, 0.1) is 5.57 Å². The molecule has 1 aliphatic rings. The highest BCUT2D eigenvalue weighted by atomic mass is 32.2. The Morgan fingerprint density at radius 2 is 1.81 bits per heavy atom. The molecule has 1 aliphatic heterocycles. The number of anilines is 2. The Labute approximate surface area is 213 Å². The van der Waals surface area contributed by atoms with Crippen molar-refractivity contribution in [3.63, 3.8) is 0 Å². The van der Waals surface area contributed by atoms with Crippen LogP contribution in [-0.2, 0) is 10.5 Å². The van der Waals surface area contributed by atoms with E-state index in [2.05, 4.69) is 27.8 Å². The molecule has 0 radical (unpaired) electrons. The number of fused-ring (bicyclic) bond motifs is 1. The first-order valence-electron chi connectivity index (χ1n) is 11.6. The maximum atomic E-state index is 13.8. The van der Waals surface area contributed by atoms with Crippen LogP contribution in [0, 0.1) is 19.7 Å². The summed E-state index contributed by atoms with van der Waals surface area (Å²) in [5, 5.41) is 11.6. The summed E-state index contributed by atoms with van der Waals surface area (Å²) in [5.74, 6) is 0.673. The summed E-state index contributed by atoms with van der Waals surface area (Å²) in [4.78, 5) is 18.3. The lowest BCUT2D eigenvalue weighted by atomic mass is 9.95. The minimum Gasteiger partial charge on any atom is -0.328 e. The summed E-state index contributed by atoms with van der Waals surface area (Å²) < 4.78 is 15.5. The van der Waals surface area contributed by atoms with Gasteiger partial charge in [-0.1, -0.05) is 71.9 Å². The minimum atomic E-state index is -0.564. The molecule has 1 atom stereocenters. The monoisotopic (exact) mass is 499 g/mol. The Morgan fingerprint density at radius 1 is 1.06 bits per heavy atom. The molecule has 2 heterocycles. The van der Waals surface area contributed by atoms with Crippen molar-refractivity contribution in [1.82, 2.24) is 14.8 Å². The lowest BCUT2D eigenvalue weighted by molar-refractivity contribution is -0.113. The summed E-state index contributed by atoms with van der Waals surface area (Å²) in [5.41, 5.74) is 5.92. The number of carbonyl (C=O) groups excluding carboxylic acids is 1. The molecule has 0 aliphatic carbocycles. The molecule has 0 saturated carbocycles. The van der Waals surface area contributed by atoms with E-state index in [1.54, 1.807) is 16.8 Å². The molecule has 6 nitrogen and oxygen atoms in total. The highest BCUT2D eigenvalue weighted by molar-refractivity contribution is 7.98. The molecule has 1 aromatic heterocycles. The number of aromatic nitrogens is 3. The highest BCUT2D eigenvalue weighted by Crippen LogP contribution is 2.37. The molecule has 1 amide bonds. The second kappa shape index (κ2) is 9.99. The quantitative estimate of drug-likeness (QED) is 0.307. The third-order valence-electron chi connectivity index (χ3n) is 6.10. The van der Waals surface area contributed by atoms with Crippen LogP contribution in [0.15, 0.2) is 89.2 Å².